The van der Waals surface area contributed by atoms with Crippen LogP contribution in [0.1, 0.15) is 25.7 Å². The van der Waals surface area contributed by atoms with Crippen LogP contribution in [0.5, 0.6) is 0 Å². The van der Waals surface area contributed by atoms with Gasteiger partial charge in [0.2, 0.25) is 5.91 Å². The Morgan fingerprint density at radius 3 is 2.44 bits per heavy atom. The Balaban J connectivity index is 1.76. The van der Waals surface area contributed by atoms with E-state index in [1.807, 2.05) is 12.1 Å². The van der Waals surface area contributed by atoms with Gasteiger partial charge in [0.25, 0.3) is 0 Å². The summed E-state index contributed by atoms with van der Waals surface area (Å²) in [6, 6.07) is 11.8. The first-order valence-corrected chi connectivity index (χ1v) is 10.3. The SMILES string of the molecule is N#CC1=C(N)NC(SCC(=O)Nc2ccc(Br)cc2)=C(C#N)C12CCCC2. The van der Waals surface area contributed by atoms with Gasteiger partial charge in [0.15, 0.2) is 0 Å². The Bertz CT molecular complexity index is 902. The molecule has 6 nitrogen and oxygen atoms in total. The largest absolute Gasteiger partial charge is 0.384 e. The zero-order valence-corrected chi connectivity index (χ0v) is 16.9. The van der Waals surface area contributed by atoms with Gasteiger partial charge in [-0.25, -0.2) is 0 Å². The third kappa shape index (κ3) is 3.83. The number of anilines is 1. The van der Waals surface area contributed by atoms with Crippen LogP contribution in [0, 0.1) is 28.1 Å². The third-order valence-corrected chi connectivity index (χ3v) is 6.39. The first-order chi connectivity index (χ1) is 13.0. The van der Waals surface area contributed by atoms with Crippen LogP contribution in [0.4, 0.5) is 5.69 Å². The number of hydrogen-bond acceptors (Lipinski definition) is 6. The molecule has 3 rings (SSSR count). The molecular weight excluding hydrogens is 426 g/mol. The first-order valence-electron chi connectivity index (χ1n) is 8.50. The van der Waals surface area contributed by atoms with E-state index in [0.29, 0.717) is 21.9 Å². The van der Waals surface area contributed by atoms with E-state index in [1.54, 1.807) is 12.1 Å². The topological polar surface area (TPSA) is 115 Å². The number of amides is 1. The monoisotopic (exact) mass is 443 g/mol. The second-order valence-electron chi connectivity index (χ2n) is 6.47. The van der Waals surface area contributed by atoms with Crippen molar-refractivity contribution in [2.24, 2.45) is 11.1 Å². The fourth-order valence-corrected chi connectivity index (χ4v) is 4.81. The third-order valence-electron chi connectivity index (χ3n) is 4.86. The van der Waals surface area contributed by atoms with Crippen LogP contribution in [-0.2, 0) is 4.79 Å². The van der Waals surface area contributed by atoms with Gasteiger partial charge in [0, 0.05) is 15.6 Å². The second kappa shape index (κ2) is 8.08. The van der Waals surface area contributed by atoms with Gasteiger partial charge in [-0.2, -0.15) is 10.5 Å². The number of dihydropyridines is 1. The van der Waals surface area contributed by atoms with Gasteiger partial charge >= 0.3 is 0 Å². The lowest BCUT2D eigenvalue weighted by molar-refractivity contribution is -0.113. The lowest BCUT2D eigenvalue weighted by Gasteiger charge is -2.35. The molecule has 138 valence electrons. The molecule has 1 heterocycles. The minimum Gasteiger partial charge on any atom is -0.384 e. The molecule has 1 fully saturated rings. The normalized spacial score (nSPS) is 18.0. The molecule has 1 aromatic carbocycles. The fourth-order valence-electron chi connectivity index (χ4n) is 3.63. The molecule has 1 spiro atoms. The zero-order valence-electron chi connectivity index (χ0n) is 14.5. The number of nitrogens with two attached hydrogens (primary N) is 1. The Kier molecular flexibility index (Phi) is 5.79. The second-order valence-corrected chi connectivity index (χ2v) is 8.38. The van der Waals surface area contributed by atoms with Crippen molar-refractivity contribution in [1.82, 2.24) is 5.32 Å². The van der Waals surface area contributed by atoms with Gasteiger partial charge in [-0.3, -0.25) is 4.79 Å². The van der Waals surface area contributed by atoms with Gasteiger partial charge in [-0.15, -0.1) is 0 Å². The molecule has 0 saturated heterocycles. The molecule has 8 heteroatoms. The van der Waals surface area contributed by atoms with E-state index in [-0.39, 0.29) is 17.5 Å². The number of carbonyl (C=O) groups excluding carboxylic acids is 1. The van der Waals surface area contributed by atoms with Crippen molar-refractivity contribution in [3.05, 3.63) is 50.7 Å². The van der Waals surface area contributed by atoms with Gasteiger partial charge in [0.1, 0.15) is 5.82 Å². The average Bonchev–Trinajstić information content (AvgIpc) is 3.12. The lowest BCUT2D eigenvalue weighted by atomic mass is 9.72. The molecule has 1 aliphatic heterocycles. The summed E-state index contributed by atoms with van der Waals surface area (Å²) in [6.07, 6.45) is 3.36. The van der Waals surface area contributed by atoms with E-state index in [1.165, 1.54) is 11.8 Å². The quantitative estimate of drug-likeness (QED) is 0.652. The number of nitrogens with one attached hydrogen (secondary N) is 2. The molecule has 0 aromatic heterocycles. The molecular formula is C19H18BrN5OS. The van der Waals surface area contributed by atoms with E-state index in [2.05, 4.69) is 38.7 Å². The van der Waals surface area contributed by atoms with Crippen LogP contribution in [0.25, 0.3) is 0 Å². The number of carbonyl (C=O) groups is 1. The summed E-state index contributed by atoms with van der Waals surface area (Å²) in [5, 5.41) is 25.7. The van der Waals surface area contributed by atoms with Crippen LogP contribution < -0.4 is 16.4 Å². The van der Waals surface area contributed by atoms with Crippen LogP contribution in [0.15, 0.2) is 50.7 Å². The summed E-state index contributed by atoms with van der Waals surface area (Å²) < 4.78 is 0.933. The summed E-state index contributed by atoms with van der Waals surface area (Å²) in [7, 11) is 0. The maximum atomic E-state index is 12.3. The van der Waals surface area contributed by atoms with E-state index >= 15 is 0 Å². The smallest absolute Gasteiger partial charge is 0.234 e. The Hall–Kier alpha value is -2.42. The molecule has 1 aliphatic carbocycles. The van der Waals surface area contributed by atoms with E-state index < -0.39 is 5.41 Å². The summed E-state index contributed by atoms with van der Waals surface area (Å²) in [4.78, 5) is 12.3. The first kappa shape index (κ1) is 19.3. The van der Waals surface area contributed by atoms with Gasteiger partial charge < -0.3 is 16.4 Å². The van der Waals surface area contributed by atoms with Crippen molar-refractivity contribution in [2.45, 2.75) is 25.7 Å². The molecule has 0 radical (unpaired) electrons. The van der Waals surface area contributed by atoms with Crippen LogP contribution >= 0.6 is 27.7 Å². The highest BCUT2D eigenvalue weighted by Crippen LogP contribution is 2.53. The highest BCUT2D eigenvalue weighted by molar-refractivity contribution is 9.10. The molecule has 0 unspecified atom stereocenters. The molecule has 1 aromatic rings. The highest BCUT2D eigenvalue weighted by atomic mass is 79.9. The molecule has 0 bridgehead atoms. The van der Waals surface area contributed by atoms with Crippen molar-refractivity contribution in [3.8, 4) is 12.1 Å². The summed E-state index contributed by atoms with van der Waals surface area (Å²) in [5.41, 5.74) is 7.14. The number of halogens is 1. The van der Waals surface area contributed by atoms with Gasteiger partial charge in [0.05, 0.1) is 34.1 Å². The number of rotatable bonds is 4. The number of hydrogen-bond donors (Lipinski definition) is 3. The van der Waals surface area contributed by atoms with Crippen LogP contribution in [0.3, 0.4) is 0 Å². The minimum atomic E-state index is -0.608. The van der Waals surface area contributed by atoms with Crippen molar-refractivity contribution < 1.29 is 4.79 Å². The van der Waals surface area contributed by atoms with E-state index in [9.17, 15) is 15.3 Å². The Morgan fingerprint density at radius 2 is 1.85 bits per heavy atom. The van der Waals surface area contributed by atoms with Crippen molar-refractivity contribution >= 4 is 39.3 Å². The molecule has 27 heavy (non-hydrogen) atoms. The molecule has 4 N–H and O–H groups in total. The number of nitrogens with zero attached hydrogens (tertiary/aromatic N) is 2. The molecule has 1 saturated carbocycles. The number of allylic oxidation sites excluding steroid dienone is 2. The number of thioether (sulfide) groups is 1. The summed E-state index contributed by atoms with van der Waals surface area (Å²) in [6.45, 7) is 0. The minimum absolute atomic E-state index is 0.134. The van der Waals surface area contributed by atoms with E-state index in [4.69, 9.17) is 5.73 Å². The van der Waals surface area contributed by atoms with Gasteiger partial charge in [-0.1, -0.05) is 40.5 Å². The van der Waals surface area contributed by atoms with Crippen molar-refractivity contribution in [2.75, 3.05) is 11.1 Å². The zero-order chi connectivity index (χ0) is 19.4. The molecule has 1 amide bonds. The Labute approximate surface area is 170 Å². The standard InChI is InChI=1S/C19H18BrN5OS/c20-12-3-5-13(6-4-12)24-16(26)11-27-18-15(10-22)19(7-1-2-8-19)14(9-21)17(23)25-18/h3-6,25H,1-2,7-8,11,23H2,(H,24,26). The Morgan fingerprint density at radius 1 is 1.22 bits per heavy atom. The van der Waals surface area contributed by atoms with Crippen molar-refractivity contribution in [3.63, 3.8) is 0 Å². The van der Waals surface area contributed by atoms with Gasteiger partial charge in [-0.05, 0) is 37.1 Å². The van der Waals surface area contributed by atoms with Crippen molar-refractivity contribution in [1.29, 1.82) is 10.5 Å². The predicted octanol–water partition coefficient (Wildman–Crippen LogP) is 3.71. The number of benzene rings is 1. The van der Waals surface area contributed by atoms with Crippen LogP contribution in [0.2, 0.25) is 0 Å². The molecule has 2 aliphatic rings. The average molecular weight is 444 g/mol. The molecule has 0 atom stereocenters. The van der Waals surface area contributed by atoms with E-state index in [0.717, 1.165) is 30.2 Å². The highest BCUT2D eigenvalue weighted by Gasteiger charge is 2.47. The summed E-state index contributed by atoms with van der Waals surface area (Å²) >= 11 is 4.59. The maximum absolute atomic E-state index is 12.3. The fraction of sp³-hybridized carbons (Fsp3) is 0.316. The predicted molar refractivity (Wildman–Crippen MR) is 109 cm³/mol. The number of nitriles is 2. The maximum Gasteiger partial charge on any atom is 0.234 e. The lowest BCUT2D eigenvalue weighted by Crippen LogP contribution is -2.36. The van der Waals surface area contributed by atoms with Crippen LogP contribution in [-0.4, -0.2) is 11.7 Å². The summed E-state index contributed by atoms with van der Waals surface area (Å²) in [5.74, 6) is 0.242.